The van der Waals surface area contributed by atoms with Crippen molar-refractivity contribution in [3.05, 3.63) is 29.3 Å². The summed E-state index contributed by atoms with van der Waals surface area (Å²) in [5.41, 5.74) is 7.96. The first-order chi connectivity index (χ1) is 9.13. The maximum atomic E-state index is 12.7. The Bertz CT molecular complexity index is 459. The number of anilines is 1. The van der Waals surface area contributed by atoms with E-state index in [9.17, 15) is 9.90 Å². The van der Waals surface area contributed by atoms with E-state index in [2.05, 4.69) is 0 Å². The normalized spacial score (nSPS) is 20.1. The molecule has 1 heterocycles. The molecule has 0 aromatic heterocycles. The van der Waals surface area contributed by atoms with Crippen LogP contribution in [0.1, 0.15) is 41.6 Å². The van der Waals surface area contributed by atoms with E-state index in [0.29, 0.717) is 11.3 Å². The van der Waals surface area contributed by atoms with Crippen LogP contribution in [0.4, 0.5) is 5.69 Å². The molecule has 1 fully saturated rings. The Morgan fingerprint density at radius 3 is 2.95 bits per heavy atom. The molecule has 1 atom stereocenters. The summed E-state index contributed by atoms with van der Waals surface area (Å²) in [5.74, 6) is -0.00856. The van der Waals surface area contributed by atoms with Crippen molar-refractivity contribution in [2.24, 2.45) is 0 Å². The molecule has 0 bridgehead atoms. The smallest absolute Gasteiger partial charge is 0.254 e. The Morgan fingerprint density at radius 1 is 1.42 bits per heavy atom. The first-order valence-electron chi connectivity index (χ1n) is 6.91. The first-order valence-corrected chi connectivity index (χ1v) is 6.91. The highest BCUT2D eigenvalue weighted by Crippen LogP contribution is 2.21. The van der Waals surface area contributed by atoms with E-state index in [1.165, 1.54) is 0 Å². The summed E-state index contributed by atoms with van der Waals surface area (Å²) in [6, 6.07) is 5.35. The molecule has 104 valence electrons. The van der Waals surface area contributed by atoms with Gasteiger partial charge in [-0.05, 0) is 37.5 Å². The van der Waals surface area contributed by atoms with Crippen molar-refractivity contribution in [2.45, 2.75) is 38.6 Å². The number of aliphatic hydroxyl groups is 1. The Hall–Kier alpha value is -1.55. The van der Waals surface area contributed by atoms with Crippen LogP contribution in [-0.2, 0) is 0 Å². The Kier molecular flexibility index (Phi) is 4.43. The van der Waals surface area contributed by atoms with E-state index in [-0.39, 0.29) is 18.6 Å². The highest BCUT2D eigenvalue weighted by molar-refractivity contribution is 5.96. The number of hydrogen-bond acceptors (Lipinski definition) is 3. The third-order valence-electron chi connectivity index (χ3n) is 3.84. The number of nitrogen functional groups attached to an aromatic ring is 1. The summed E-state index contributed by atoms with van der Waals surface area (Å²) in [6.45, 7) is 2.67. The molecule has 0 saturated carbocycles. The molecule has 0 spiro atoms. The van der Waals surface area contributed by atoms with Gasteiger partial charge in [0.15, 0.2) is 0 Å². The highest BCUT2D eigenvalue weighted by atomic mass is 16.3. The number of hydrogen-bond donors (Lipinski definition) is 2. The van der Waals surface area contributed by atoms with Crippen LogP contribution in [0.15, 0.2) is 18.2 Å². The summed E-state index contributed by atoms with van der Waals surface area (Å²) in [5, 5.41) is 9.49. The Labute approximate surface area is 114 Å². The van der Waals surface area contributed by atoms with Crippen LogP contribution >= 0.6 is 0 Å². The second-order valence-corrected chi connectivity index (χ2v) is 5.26. The van der Waals surface area contributed by atoms with Crippen molar-refractivity contribution in [3.8, 4) is 0 Å². The van der Waals surface area contributed by atoms with Crippen LogP contribution in [0.2, 0.25) is 0 Å². The SMILES string of the molecule is Cc1ccc(N)cc1C(=O)N1CCCCCC1CO. The number of likely N-dealkylation sites (tertiary alicyclic amines) is 1. The van der Waals surface area contributed by atoms with E-state index in [1.807, 2.05) is 17.9 Å². The Morgan fingerprint density at radius 2 is 2.21 bits per heavy atom. The molecule has 19 heavy (non-hydrogen) atoms. The van der Waals surface area contributed by atoms with Gasteiger partial charge in [-0.15, -0.1) is 0 Å². The van der Waals surface area contributed by atoms with Gasteiger partial charge in [-0.25, -0.2) is 0 Å². The molecule has 0 radical (unpaired) electrons. The van der Waals surface area contributed by atoms with Gasteiger partial charge in [-0.1, -0.05) is 18.9 Å². The van der Waals surface area contributed by atoms with Crippen LogP contribution in [0.25, 0.3) is 0 Å². The lowest BCUT2D eigenvalue weighted by atomic mass is 10.0. The van der Waals surface area contributed by atoms with Gasteiger partial charge in [0.05, 0.1) is 12.6 Å². The van der Waals surface area contributed by atoms with E-state index >= 15 is 0 Å². The number of benzene rings is 1. The number of nitrogens with two attached hydrogens (primary N) is 1. The fraction of sp³-hybridized carbons (Fsp3) is 0.533. The second kappa shape index (κ2) is 6.06. The lowest BCUT2D eigenvalue weighted by Crippen LogP contribution is -2.42. The van der Waals surface area contributed by atoms with Crippen LogP contribution in [0, 0.1) is 6.92 Å². The fourth-order valence-corrected chi connectivity index (χ4v) is 2.66. The predicted molar refractivity (Wildman–Crippen MR) is 76.0 cm³/mol. The van der Waals surface area contributed by atoms with Gasteiger partial charge < -0.3 is 15.7 Å². The van der Waals surface area contributed by atoms with E-state index in [0.717, 1.165) is 37.8 Å². The van der Waals surface area contributed by atoms with Gasteiger partial charge in [0.1, 0.15) is 0 Å². The summed E-state index contributed by atoms with van der Waals surface area (Å²) in [4.78, 5) is 14.5. The molecule has 4 heteroatoms. The number of aryl methyl sites for hydroxylation is 1. The molecule has 3 N–H and O–H groups in total. The topological polar surface area (TPSA) is 66.6 Å². The van der Waals surface area contributed by atoms with Crippen molar-refractivity contribution >= 4 is 11.6 Å². The molecular weight excluding hydrogens is 240 g/mol. The monoisotopic (exact) mass is 262 g/mol. The molecule has 1 unspecified atom stereocenters. The molecule has 1 aromatic carbocycles. The van der Waals surface area contributed by atoms with Gasteiger partial charge in [-0.2, -0.15) is 0 Å². The van der Waals surface area contributed by atoms with Crippen molar-refractivity contribution in [1.82, 2.24) is 4.90 Å². The predicted octanol–water partition coefficient (Wildman–Crippen LogP) is 1.95. The third kappa shape index (κ3) is 3.07. The number of amides is 1. The fourth-order valence-electron chi connectivity index (χ4n) is 2.66. The molecule has 1 amide bonds. The molecule has 1 aromatic rings. The van der Waals surface area contributed by atoms with Gasteiger partial charge in [-0.3, -0.25) is 4.79 Å². The molecule has 1 aliphatic heterocycles. The minimum Gasteiger partial charge on any atom is -0.399 e. The van der Waals surface area contributed by atoms with Crippen LogP contribution < -0.4 is 5.73 Å². The zero-order valence-corrected chi connectivity index (χ0v) is 11.4. The number of aliphatic hydroxyl groups excluding tert-OH is 1. The zero-order chi connectivity index (χ0) is 13.8. The second-order valence-electron chi connectivity index (χ2n) is 5.26. The number of rotatable bonds is 2. The largest absolute Gasteiger partial charge is 0.399 e. The molecule has 1 saturated heterocycles. The maximum Gasteiger partial charge on any atom is 0.254 e. The van der Waals surface area contributed by atoms with Crippen molar-refractivity contribution < 1.29 is 9.90 Å². The summed E-state index contributed by atoms with van der Waals surface area (Å²) in [7, 11) is 0. The van der Waals surface area contributed by atoms with Crippen LogP contribution in [0.3, 0.4) is 0 Å². The zero-order valence-electron chi connectivity index (χ0n) is 11.4. The minimum absolute atomic E-state index is 0.00856. The van der Waals surface area contributed by atoms with Crippen molar-refractivity contribution in [2.75, 3.05) is 18.9 Å². The average molecular weight is 262 g/mol. The molecule has 1 aliphatic rings. The third-order valence-corrected chi connectivity index (χ3v) is 3.84. The maximum absolute atomic E-state index is 12.7. The van der Waals surface area contributed by atoms with E-state index < -0.39 is 0 Å². The Balaban J connectivity index is 2.27. The molecule has 2 rings (SSSR count). The highest BCUT2D eigenvalue weighted by Gasteiger charge is 2.26. The van der Waals surface area contributed by atoms with Crippen LogP contribution in [0.5, 0.6) is 0 Å². The standard InChI is InChI=1S/C15H22N2O2/c1-11-6-7-12(16)9-14(11)15(19)17-8-4-2-3-5-13(17)10-18/h6-7,9,13,18H,2-5,8,10,16H2,1H3. The van der Waals surface area contributed by atoms with Gasteiger partial charge in [0.2, 0.25) is 0 Å². The first kappa shape index (κ1) is 13.9. The van der Waals surface area contributed by atoms with Crippen molar-refractivity contribution in [3.63, 3.8) is 0 Å². The minimum atomic E-state index is -0.0594. The van der Waals surface area contributed by atoms with Gasteiger partial charge >= 0.3 is 0 Å². The molecule has 0 aliphatic carbocycles. The number of carbonyl (C=O) groups is 1. The van der Waals surface area contributed by atoms with E-state index in [4.69, 9.17) is 5.73 Å². The number of nitrogens with zero attached hydrogens (tertiary/aromatic N) is 1. The average Bonchev–Trinajstić information content (AvgIpc) is 2.65. The molecule has 4 nitrogen and oxygen atoms in total. The summed E-state index contributed by atoms with van der Waals surface area (Å²) in [6.07, 6.45) is 4.08. The summed E-state index contributed by atoms with van der Waals surface area (Å²) < 4.78 is 0. The van der Waals surface area contributed by atoms with Gasteiger partial charge in [0, 0.05) is 17.8 Å². The lowest BCUT2D eigenvalue weighted by Gasteiger charge is -2.29. The van der Waals surface area contributed by atoms with Gasteiger partial charge in [0.25, 0.3) is 5.91 Å². The van der Waals surface area contributed by atoms with Crippen molar-refractivity contribution in [1.29, 1.82) is 0 Å². The lowest BCUT2D eigenvalue weighted by molar-refractivity contribution is 0.0599. The quantitative estimate of drug-likeness (QED) is 0.801. The summed E-state index contributed by atoms with van der Waals surface area (Å²) >= 11 is 0. The molecular formula is C15H22N2O2. The number of carbonyl (C=O) groups excluding carboxylic acids is 1. The van der Waals surface area contributed by atoms with E-state index in [1.54, 1.807) is 12.1 Å². The van der Waals surface area contributed by atoms with Crippen LogP contribution in [-0.4, -0.2) is 35.1 Å².